The van der Waals surface area contributed by atoms with Crippen molar-refractivity contribution in [3.63, 3.8) is 0 Å². The lowest BCUT2D eigenvalue weighted by atomic mass is 9.85. The number of aliphatic hydroxyl groups is 1. The zero-order chi connectivity index (χ0) is 28.3. The second-order valence-corrected chi connectivity index (χ2v) is 11.3. The molecule has 2 aliphatic carbocycles. The van der Waals surface area contributed by atoms with Crippen molar-refractivity contribution in [2.24, 2.45) is 5.92 Å². The number of rotatable bonds is 6. The highest BCUT2D eigenvalue weighted by atomic mass is 35.5. The molecule has 6 atom stereocenters. The molecule has 0 spiro atoms. The van der Waals surface area contributed by atoms with Gasteiger partial charge in [0.15, 0.2) is 6.10 Å². The Morgan fingerprint density at radius 2 is 1.87 bits per heavy atom. The van der Waals surface area contributed by atoms with Crippen LogP contribution in [0.1, 0.15) is 44.2 Å². The van der Waals surface area contributed by atoms with E-state index in [4.69, 9.17) is 25.5 Å². The molecule has 1 aromatic carbocycles. The minimum atomic E-state index is -2.63. The van der Waals surface area contributed by atoms with E-state index >= 15 is 0 Å². The lowest BCUT2D eigenvalue weighted by Crippen LogP contribution is -2.56. The normalized spacial score (nSPS) is 30.1. The fraction of sp³-hybridized carbons (Fsp3) is 0.483. The molecule has 0 amide bonds. The second kappa shape index (κ2) is 12.4. The van der Waals surface area contributed by atoms with Crippen LogP contribution >= 0.6 is 23.4 Å². The SMILES string of the molecule is CSC1=[O+][C@@H](C2=CC(Cc3ccc(C4=CCC(F)(F)CC4)cc3)C(Cl)C=C2)[C@H](OC(C)=O)[C@@H](O)C1OC(C)=O. The minimum Gasteiger partial charge on any atom is -0.449 e. The number of hydrogen-bond donors (Lipinski definition) is 1. The second-order valence-electron chi connectivity index (χ2n) is 9.98. The van der Waals surface area contributed by atoms with Crippen LogP contribution in [0.2, 0.25) is 0 Å². The number of ether oxygens (including phenoxy) is 2. The molecular weight excluding hydrogens is 550 g/mol. The van der Waals surface area contributed by atoms with Gasteiger partial charge >= 0.3 is 23.2 Å². The number of esters is 2. The summed E-state index contributed by atoms with van der Waals surface area (Å²) in [5.41, 5.74) is 3.57. The highest BCUT2D eigenvalue weighted by Gasteiger charge is 2.55. The van der Waals surface area contributed by atoms with E-state index in [0.717, 1.165) is 16.7 Å². The van der Waals surface area contributed by atoms with E-state index in [9.17, 15) is 23.5 Å². The van der Waals surface area contributed by atoms with Gasteiger partial charge in [0, 0.05) is 32.6 Å². The van der Waals surface area contributed by atoms with Gasteiger partial charge in [0.05, 0.1) is 11.0 Å². The Kier molecular flexibility index (Phi) is 9.34. The Labute approximate surface area is 235 Å². The van der Waals surface area contributed by atoms with E-state index in [2.05, 4.69) is 0 Å². The zero-order valence-corrected chi connectivity index (χ0v) is 23.5. The topological polar surface area (TPSA) is 84.1 Å². The maximum absolute atomic E-state index is 13.5. The van der Waals surface area contributed by atoms with Gasteiger partial charge in [-0.25, -0.2) is 13.2 Å². The van der Waals surface area contributed by atoms with Crippen LogP contribution in [0.3, 0.4) is 0 Å². The minimum absolute atomic E-state index is 0.132. The Hall–Kier alpha value is -2.49. The quantitative estimate of drug-likeness (QED) is 0.283. The molecule has 39 heavy (non-hydrogen) atoms. The number of halogens is 3. The van der Waals surface area contributed by atoms with Crippen molar-refractivity contribution in [2.45, 2.75) is 75.2 Å². The number of thioether (sulfide) groups is 1. The third-order valence-electron chi connectivity index (χ3n) is 7.04. The van der Waals surface area contributed by atoms with Crippen molar-refractivity contribution in [3.05, 3.63) is 65.3 Å². The summed E-state index contributed by atoms with van der Waals surface area (Å²) >= 11 is 7.85. The van der Waals surface area contributed by atoms with Gasteiger partial charge in [-0.2, -0.15) is 0 Å². The van der Waals surface area contributed by atoms with Crippen molar-refractivity contribution in [3.8, 4) is 0 Å². The van der Waals surface area contributed by atoms with E-state index in [0.29, 0.717) is 23.5 Å². The number of carbonyl (C=O) groups is 2. The Balaban J connectivity index is 1.56. The maximum atomic E-state index is 13.5. The molecule has 0 fully saturated rings. The number of carbonyl (C=O) groups excluding carboxylic acids is 3. The fourth-order valence-electron chi connectivity index (χ4n) is 5.08. The van der Waals surface area contributed by atoms with Gasteiger partial charge in [0.1, 0.15) is 0 Å². The summed E-state index contributed by atoms with van der Waals surface area (Å²) in [6, 6.07) is 7.85. The van der Waals surface area contributed by atoms with Gasteiger partial charge in [-0.3, -0.25) is 9.59 Å². The number of allylic oxidation sites excluding steroid dienone is 4. The number of aliphatic hydroxyl groups excluding tert-OH is 1. The van der Waals surface area contributed by atoms with Crippen LogP contribution in [-0.2, 0) is 29.9 Å². The first-order chi connectivity index (χ1) is 18.5. The molecule has 3 unspecified atom stereocenters. The fourth-order valence-corrected chi connectivity index (χ4v) is 5.93. The average molecular weight is 582 g/mol. The van der Waals surface area contributed by atoms with Crippen LogP contribution < -0.4 is 0 Å². The first kappa shape index (κ1) is 29.5. The highest BCUT2D eigenvalue weighted by Crippen LogP contribution is 2.37. The average Bonchev–Trinajstić information content (AvgIpc) is 2.88. The van der Waals surface area contributed by atoms with Crippen LogP contribution in [0.4, 0.5) is 8.78 Å². The van der Waals surface area contributed by atoms with Crippen LogP contribution in [0.25, 0.3) is 5.57 Å². The van der Waals surface area contributed by atoms with E-state index < -0.39 is 42.3 Å². The summed E-state index contributed by atoms with van der Waals surface area (Å²) < 4.78 is 43.9. The monoisotopic (exact) mass is 581 g/mol. The summed E-state index contributed by atoms with van der Waals surface area (Å²) in [5, 5.41) is 11.0. The first-order valence-electron chi connectivity index (χ1n) is 12.8. The molecule has 0 radical (unpaired) electrons. The summed E-state index contributed by atoms with van der Waals surface area (Å²) in [7, 11) is 0. The third kappa shape index (κ3) is 7.18. The van der Waals surface area contributed by atoms with Crippen molar-refractivity contribution in [1.29, 1.82) is 0 Å². The predicted octanol–water partition coefficient (Wildman–Crippen LogP) is 5.18. The molecule has 0 saturated heterocycles. The first-order valence-corrected chi connectivity index (χ1v) is 14.4. The molecule has 1 aliphatic heterocycles. The van der Waals surface area contributed by atoms with E-state index in [1.54, 1.807) is 18.4 Å². The highest BCUT2D eigenvalue weighted by molar-refractivity contribution is 8.13. The molecule has 0 saturated carbocycles. The Morgan fingerprint density at radius 1 is 1.18 bits per heavy atom. The number of hydrogen-bond acceptors (Lipinski definition) is 6. The van der Waals surface area contributed by atoms with Gasteiger partial charge in [-0.05, 0) is 47.6 Å². The maximum Gasteiger partial charge on any atom is 0.398 e. The van der Waals surface area contributed by atoms with Gasteiger partial charge in [-0.1, -0.05) is 48.6 Å². The number of benzene rings is 1. The molecule has 4 rings (SSSR count). The molecule has 10 heteroatoms. The van der Waals surface area contributed by atoms with Crippen LogP contribution in [0.5, 0.6) is 0 Å². The summed E-state index contributed by atoms with van der Waals surface area (Å²) in [6.45, 7) is 2.46. The van der Waals surface area contributed by atoms with Gasteiger partial charge in [0.2, 0.25) is 6.10 Å². The van der Waals surface area contributed by atoms with Crippen LogP contribution in [-0.4, -0.2) is 64.1 Å². The molecular formula is C29H32ClF2O6S+. The van der Waals surface area contributed by atoms with Gasteiger partial charge in [0.25, 0.3) is 12.0 Å². The van der Waals surface area contributed by atoms with Crippen LogP contribution in [0.15, 0.2) is 54.1 Å². The Morgan fingerprint density at radius 3 is 2.46 bits per heavy atom. The lowest BCUT2D eigenvalue weighted by molar-refractivity contribution is -0.516. The molecule has 0 aromatic heterocycles. The largest absolute Gasteiger partial charge is 0.449 e. The van der Waals surface area contributed by atoms with Crippen molar-refractivity contribution < 1.29 is 37.4 Å². The zero-order valence-electron chi connectivity index (χ0n) is 21.9. The Bertz CT molecular complexity index is 1210. The molecule has 1 N–H and O–H groups in total. The molecule has 0 bridgehead atoms. The van der Waals surface area contributed by atoms with Crippen LogP contribution in [0, 0.1) is 5.92 Å². The summed E-state index contributed by atoms with van der Waals surface area (Å²) in [5.74, 6) is -3.96. The molecule has 6 nitrogen and oxygen atoms in total. The van der Waals surface area contributed by atoms with Gasteiger partial charge in [-0.15, -0.1) is 11.6 Å². The van der Waals surface area contributed by atoms with Crippen molar-refractivity contribution in [1.82, 2.24) is 0 Å². The lowest BCUT2D eigenvalue weighted by Gasteiger charge is -2.31. The summed E-state index contributed by atoms with van der Waals surface area (Å²) in [6.07, 6.45) is 5.15. The van der Waals surface area contributed by atoms with Crippen molar-refractivity contribution >= 4 is 46.0 Å². The third-order valence-corrected chi connectivity index (χ3v) is 8.24. The number of alkyl halides is 3. The smallest absolute Gasteiger partial charge is 0.398 e. The predicted molar refractivity (Wildman–Crippen MR) is 147 cm³/mol. The molecule has 3 aliphatic rings. The van der Waals surface area contributed by atoms with E-state index in [1.165, 1.54) is 25.6 Å². The molecule has 1 heterocycles. The standard InChI is InChI=1S/C29H32ClF2O6S/c1-16(33)36-26-24(35)27(37-17(2)34)28(39-3)38-25(26)21-8-9-23(30)22(15-21)14-18-4-6-19(7-5-18)20-10-12-29(31,32)13-11-20/h4-10,15,22-27,35H,11-14H2,1-3H3/q+1/t22?,23?,24-,25+,26-,27?/m1/s1. The van der Waals surface area contributed by atoms with Crippen molar-refractivity contribution in [2.75, 3.05) is 6.26 Å². The molecule has 210 valence electrons. The van der Waals surface area contributed by atoms with Gasteiger partial charge < -0.3 is 14.6 Å². The summed E-state index contributed by atoms with van der Waals surface area (Å²) in [4.78, 5) is 23.5. The molecule has 1 aromatic rings. The van der Waals surface area contributed by atoms with E-state index in [-0.39, 0.29) is 24.1 Å². The van der Waals surface area contributed by atoms with E-state index in [1.807, 2.05) is 36.4 Å².